The van der Waals surface area contributed by atoms with Gasteiger partial charge in [0.2, 0.25) is 11.8 Å². The number of benzene rings is 1. The van der Waals surface area contributed by atoms with Crippen molar-refractivity contribution < 1.29 is 19.1 Å². The topological polar surface area (TPSA) is 87.7 Å². The van der Waals surface area contributed by atoms with Crippen LogP contribution < -0.4 is 10.6 Å². The first kappa shape index (κ1) is 35.0. The number of unbranched alkanes of at least 4 members (excludes halogenated alkanes) is 4. The fourth-order valence-electron chi connectivity index (χ4n) is 4.61. The maximum Gasteiger partial charge on any atom is 0.408 e. The zero-order chi connectivity index (χ0) is 30.3. The summed E-state index contributed by atoms with van der Waals surface area (Å²) < 4.78 is 5.50. The van der Waals surface area contributed by atoms with E-state index in [0.717, 1.165) is 44.9 Å². The molecule has 0 heterocycles. The van der Waals surface area contributed by atoms with E-state index < -0.39 is 23.8 Å². The Hall–Kier alpha value is -3.01. The summed E-state index contributed by atoms with van der Waals surface area (Å²) in [6, 6.07) is 5.47. The normalized spacial score (nSPS) is 14.3. The molecule has 0 saturated carbocycles. The van der Waals surface area contributed by atoms with Crippen LogP contribution in [0.4, 0.5) is 4.79 Å². The summed E-state index contributed by atoms with van der Waals surface area (Å²) in [6.07, 6.45) is 12.3. The zero-order valence-corrected chi connectivity index (χ0v) is 26.1. The van der Waals surface area contributed by atoms with Crippen molar-refractivity contribution in [1.29, 1.82) is 0 Å². The highest BCUT2D eigenvalue weighted by molar-refractivity contribution is 5.92. The maximum atomic E-state index is 14.4. The summed E-state index contributed by atoms with van der Waals surface area (Å²) in [5, 5.41) is 5.95. The fourth-order valence-corrected chi connectivity index (χ4v) is 4.61. The van der Waals surface area contributed by atoms with Gasteiger partial charge in [-0.2, -0.15) is 0 Å². The van der Waals surface area contributed by atoms with Crippen LogP contribution in [0.5, 0.6) is 0 Å². The average molecular weight is 556 g/mol. The van der Waals surface area contributed by atoms with Crippen molar-refractivity contribution in [3.05, 3.63) is 35.4 Å². The molecule has 40 heavy (non-hydrogen) atoms. The van der Waals surface area contributed by atoms with Crippen molar-refractivity contribution in [3.63, 3.8) is 0 Å². The molecule has 224 valence electrons. The molecule has 0 aliphatic carbocycles. The van der Waals surface area contributed by atoms with Crippen molar-refractivity contribution >= 4 is 17.9 Å². The number of hydrogen-bond donors (Lipinski definition) is 2. The number of carbonyl (C=O) groups excluding carboxylic acids is 3. The molecule has 1 aromatic carbocycles. The van der Waals surface area contributed by atoms with Gasteiger partial charge in [0.15, 0.2) is 0 Å². The van der Waals surface area contributed by atoms with E-state index in [4.69, 9.17) is 11.2 Å². The molecule has 0 aliphatic rings. The van der Waals surface area contributed by atoms with E-state index in [1.54, 1.807) is 37.8 Å². The minimum atomic E-state index is -0.864. The molecule has 0 aromatic heterocycles. The monoisotopic (exact) mass is 555 g/mol. The minimum absolute atomic E-state index is 0.0447. The van der Waals surface area contributed by atoms with E-state index >= 15 is 0 Å². The lowest BCUT2D eigenvalue weighted by molar-refractivity contribution is -0.143. The lowest BCUT2D eigenvalue weighted by Gasteiger charge is -2.36. The second kappa shape index (κ2) is 17.6. The number of terminal acetylenes is 1. The summed E-state index contributed by atoms with van der Waals surface area (Å²) in [6.45, 7) is 15.9. The van der Waals surface area contributed by atoms with Crippen LogP contribution in [0.1, 0.15) is 124 Å². The second-order valence-electron chi connectivity index (χ2n) is 11.8. The molecule has 1 aromatic rings. The third-order valence-corrected chi connectivity index (χ3v) is 7.00. The Morgan fingerprint density at radius 3 is 2.10 bits per heavy atom. The van der Waals surface area contributed by atoms with Crippen molar-refractivity contribution in [2.24, 2.45) is 5.92 Å². The van der Waals surface area contributed by atoms with Gasteiger partial charge in [-0.1, -0.05) is 84.3 Å². The molecule has 0 bridgehead atoms. The molecule has 0 spiro atoms. The standard InChI is InChI=1S/C33H53N3O4/c1-10-14-15-16-17-23-36(31(38)28(24(5)12-3)35-32(39)40-33(7,8)9)29(30(37)34-25(6)18-11-2)27-21-19-26(13-4)20-22-27/h4,19-22,24-25,28-29H,10-12,14-18,23H2,1-3,5-9H3,(H,34,37)(H,35,39). The van der Waals surface area contributed by atoms with E-state index in [1.807, 2.05) is 32.9 Å². The molecule has 0 radical (unpaired) electrons. The third kappa shape index (κ3) is 12.0. The molecule has 0 saturated heterocycles. The Kier molecular flexibility index (Phi) is 15.4. The van der Waals surface area contributed by atoms with Gasteiger partial charge in [0.25, 0.3) is 0 Å². The molecule has 4 unspecified atom stereocenters. The van der Waals surface area contributed by atoms with Gasteiger partial charge < -0.3 is 20.3 Å². The lowest BCUT2D eigenvalue weighted by atomic mass is 9.95. The average Bonchev–Trinajstić information content (AvgIpc) is 2.89. The van der Waals surface area contributed by atoms with Crippen LogP contribution in [0.15, 0.2) is 24.3 Å². The summed E-state index contributed by atoms with van der Waals surface area (Å²) in [4.78, 5) is 42.7. The number of amides is 3. The zero-order valence-electron chi connectivity index (χ0n) is 26.1. The van der Waals surface area contributed by atoms with Crippen LogP contribution in [0.2, 0.25) is 0 Å². The van der Waals surface area contributed by atoms with Crippen molar-refractivity contribution in [2.45, 2.75) is 130 Å². The first-order valence-electron chi connectivity index (χ1n) is 15.0. The van der Waals surface area contributed by atoms with Gasteiger partial charge in [-0.25, -0.2) is 4.79 Å². The van der Waals surface area contributed by atoms with E-state index in [0.29, 0.717) is 24.1 Å². The van der Waals surface area contributed by atoms with Gasteiger partial charge in [-0.3, -0.25) is 9.59 Å². The number of rotatable bonds is 16. The Bertz CT molecular complexity index is 961. The molecule has 0 fully saturated rings. The van der Waals surface area contributed by atoms with Gasteiger partial charge in [0.1, 0.15) is 17.7 Å². The third-order valence-electron chi connectivity index (χ3n) is 7.00. The Morgan fingerprint density at radius 2 is 1.57 bits per heavy atom. The number of carbonyl (C=O) groups is 3. The van der Waals surface area contributed by atoms with E-state index in [1.165, 1.54) is 0 Å². The van der Waals surface area contributed by atoms with E-state index in [9.17, 15) is 14.4 Å². The molecular formula is C33H53N3O4. The molecule has 7 nitrogen and oxygen atoms in total. The van der Waals surface area contributed by atoms with Crippen molar-refractivity contribution in [1.82, 2.24) is 15.5 Å². The Balaban J connectivity index is 3.54. The summed E-state index contributed by atoms with van der Waals surface area (Å²) in [7, 11) is 0. The van der Waals surface area contributed by atoms with E-state index in [-0.39, 0.29) is 23.8 Å². The van der Waals surface area contributed by atoms with Gasteiger partial charge in [-0.15, -0.1) is 6.42 Å². The number of alkyl carbamates (subject to hydrolysis) is 1. The number of nitrogens with zero attached hydrogens (tertiary/aromatic N) is 1. The number of ether oxygens (including phenoxy) is 1. The maximum absolute atomic E-state index is 14.4. The predicted octanol–water partition coefficient (Wildman–Crippen LogP) is 6.75. The molecule has 0 aliphatic heterocycles. The predicted molar refractivity (Wildman–Crippen MR) is 163 cm³/mol. The van der Waals surface area contributed by atoms with E-state index in [2.05, 4.69) is 30.4 Å². The summed E-state index contributed by atoms with van der Waals surface area (Å²) >= 11 is 0. The Morgan fingerprint density at radius 1 is 0.950 bits per heavy atom. The highest BCUT2D eigenvalue weighted by atomic mass is 16.6. The smallest absolute Gasteiger partial charge is 0.408 e. The van der Waals surface area contributed by atoms with Gasteiger partial charge in [0.05, 0.1) is 0 Å². The van der Waals surface area contributed by atoms with Crippen LogP contribution in [-0.4, -0.2) is 47.0 Å². The molecular weight excluding hydrogens is 502 g/mol. The molecule has 7 heteroatoms. The Labute approximate surface area is 243 Å². The van der Waals surface area contributed by atoms with Crippen LogP contribution >= 0.6 is 0 Å². The van der Waals surface area contributed by atoms with Gasteiger partial charge in [-0.05, 0) is 64.2 Å². The van der Waals surface area contributed by atoms with Crippen LogP contribution in [0.25, 0.3) is 0 Å². The van der Waals surface area contributed by atoms with Crippen LogP contribution in [0.3, 0.4) is 0 Å². The van der Waals surface area contributed by atoms with Gasteiger partial charge >= 0.3 is 6.09 Å². The first-order chi connectivity index (χ1) is 18.9. The highest BCUT2D eigenvalue weighted by Gasteiger charge is 2.38. The molecule has 1 rings (SSSR count). The first-order valence-corrected chi connectivity index (χ1v) is 15.0. The second-order valence-corrected chi connectivity index (χ2v) is 11.8. The fraction of sp³-hybridized carbons (Fsp3) is 0.667. The molecule has 4 atom stereocenters. The molecule has 2 N–H and O–H groups in total. The number of nitrogens with one attached hydrogen (secondary N) is 2. The largest absolute Gasteiger partial charge is 0.444 e. The van der Waals surface area contributed by atoms with Gasteiger partial charge in [0, 0.05) is 18.2 Å². The van der Waals surface area contributed by atoms with Crippen LogP contribution in [0, 0.1) is 18.3 Å². The van der Waals surface area contributed by atoms with Crippen LogP contribution in [-0.2, 0) is 14.3 Å². The van der Waals surface area contributed by atoms with Crippen molar-refractivity contribution in [3.8, 4) is 12.3 Å². The summed E-state index contributed by atoms with van der Waals surface area (Å²) in [5.74, 6) is 1.91. The quantitative estimate of drug-likeness (QED) is 0.174. The molecule has 3 amide bonds. The SMILES string of the molecule is C#Cc1ccc(C(C(=O)NC(C)CCC)N(CCCCCCC)C(=O)C(NC(=O)OC(C)(C)C)C(C)CC)cc1. The highest BCUT2D eigenvalue weighted by Crippen LogP contribution is 2.26. The summed E-state index contributed by atoms with van der Waals surface area (Å²) in [5.41, 5.74) is 0.675. The lowest BCUT2D eigenvalue weighted by Crippen LogP contribution is -2.55. The number of hydrogen-bond acceptors (Lipinski definition) is 4. The minimum Gasteiger partial charge on any atom is -0.444 e. The van der Waals surface area contributed by atoms with Crippen molar-refractivity contribution in [2.75, 3.05) is 6.54 Å².